The molecule has 0 aliphatic heterocycles. The van der Waals surface area contributed by atoms with Crippen molar-refractivity contribution in [1.29, 1.82) is 0 Å². The third kappa shape index (κ3) is 5.09. The number of alkyl halides is 1. The van der Waals surface area contributed by atoms with Crippen LogP contribution >= 0.6 is 11.6 Å². The van der Waals surface area contributed by atoms with Gasteiger partial charge in [-0.15, -0.1) is 11.6 Å². The van der Waals surface area contributed by atoms with Crippen molar-refractivity contribution >= 4 is 47.5 Å². The quantitative estimate of drug-likeness (QED) is 0.466. The van der Waals surface area contributed by atoms with Crippen molar-refractivity contribution in [3.63, 3.8) is 0 Å². The molecule has 0 saturated heterocycles. The van der Waals surface area contributed by atoms with Gasteiger partial charge in [-0.3, -0.25) is 13.8 Å². The number of sulfonamides is 1. The van der Waals surface area contributed by atoms with Crippen molar-refractivity contribution < 1.29 is 34.4 Å². The molecular formula is C8H10ClNO8S3. The molecule has 0 unspecified atom stereocenters. The van der Waals surface area contributed by atoms with Gasteiger partial charge in [-0.05, 0) is 18.2 Å². The van der Waals surface area contributed by atoms with E-state index in [0.29, 0.717) is 18.2 Å². The fourth-order valence-electron chi connectivity index (χ4n) is 1.29. The number of rotatable bonds is 6. The van der Waals surface area contributed by atoms with Gasteiger partial charge in [0.2, 0.25) is 10.0 Å². The largest absolute Gasteiger partial charge is 0.296 e. The Morgan fingerprint density at radius 1 is 1.00 bits per heavy atom. The Labute approximate surface area is 126 Å². The summed E-state index contributed by atoms with van der Waals surface area (Å²) in [6.07, 6.45) is 0. The summed E-state index contributed by atoms with van der Waals surface area (Å²) in [7, 11) is -13.6. The van der Waals surface area contributed by atoms with Crippen LogP contribution in [-0.4, -0.2) is 46.0 Å². The van der Waals surface area contributed by atoms with Crippen LogP contribution in [-0.2, 0) is 30.3 Å². The second-order valence-electron chi connectivity index (χ2n) is 3.72. The average molecular weight is 380 g/mol. The maximum absolute atomic E-state index is 11.6. The van der Waals surface area contributed by atoms with Gasteiger partial charge < -0.3 is 0 Å². The molecule has 21 heavy (non-hydrogen) atoms. The van der Waals surface area contributed by atoms with Gasteiger partial charge in [-0.25, -0.2) is 8.42 Å². The SMILES string of the molecule is O=S(=O)(CCCl)Nc1cc(S(=O)(=O)O)ccc1S(=O)(=O)O. The molecule has 1 rings (SSSR count). The zero-order valence-electron chi connectivity index (χ0n) is 10.1. The summed E-state index contributed by atoms with van der Waals surface area (Å²) in [5.41, 5.74) is -0.724. The fraction of sp³-hybridized carbons (Fsp3) is 0.250. The molecule has 0 aliphatic carbocycles. The first kappa shape index (κ1) is 18.1. The first-order chi connectivity index (χ1) is 9.37. The van der Waals surface area contributed by atoms with E-state index in [-0.39, 0.29) is 5.88 Å². The van der Waals surface area contributed by atoms with E-state index in [4.69, 9.17) is 20.7 Å². The average Bonchev–Trinajstić information content (AvgIpc) is 2.25. The number of nitrogens with one attached hydrogen (secondary N) is 1. The van der Waals surface area contributed by atoms with Gasteiger partial charge in [-0.2, -0.15) is 16.8 Å². The first-order valence-corrected chi connectivity index (χ1v) is 10.1. The normalized spacial score (nSPS) is 13.1. The number of halogens is 1. The number of hydrogen-bond acceptors (Lipinski definition) is 6. The minimum absolute atomic E-state index is 0.297. The van der Waals surface area contributed by atoms with Crippen molar-refractivity contribution in [3.05, 3.63) is 18.2 Å². The van der Waals surface area contributed by atoms with Gasteiger partial charge in [0, 0.05) is 5.88 Å². The van der Waals surface area contributed by atoms with Crippen LogP contribution in [0.4, 0.5) is 5.69 Å². The Morgan fingerprint density at radius 3 is 2.00 bits per heavy atom. The lowest BCUT2D eigenvalue weighted by molar-refractivity contribution is 0.479. The summed E-state index contributed by atoms with van der Waals surface area (Å²) in [5, 5.41) is 0. The fourth-order valence-corrected chi connectivity index (χ4v) is 3.91. The lowest BCUT2D eigenvalue weighted by atomic mass is 10.3. The first-order valence-electron chi connectivity index (χ1n) is 5.02. The highest BCUT2D eigenvalue weighted by Gasteiger charge is 2.22. The zero-order chi connectivity index (χ0) is 16.5. The molecule has 1 aromatic rings. The van der Waals surface area contributed by atoms with Crippen LogP contribution in [0.2, 0.25) is 0 Å². The standard InChI is InChI=1S/C8H10ClNO8S3/c9-3-4-19(11,12)10-7-5-6(20(13,14)15)1-2-8(7)21(16,17)18/h1-2,5,10H,3-4H2,(H,13,14,15)(H,16,17,18). The van der Waals surface area contributed by atoms with E-state index in [1.165, 1.54) is 0 Å². The Hall–Kier alpha value is -0.920. The second-order valence-corrected chi connectivity index (χ2v) is 8.75. The van der Waals surface area contributed by atoms with E-state index in [0.717, 1.165) is 0 Å². The van der Waals surface area contributed by atoms with E-state index in [1.54, 1.807) is 4.72 Å². The Kier molecular flexibility index (Phi) is 5.23. The van der Waals surface area contributed by atoms with E-state index in [9.17, 15) is 25.3 Å². The highest BCUT2D eigenvalue weighted by atomic mass is 35.5. The van der Waals surface area contributed by atoms with Crippen LogP contribution in [0, 0.1) is 0 Å². The van der Waals surface area contributed by atoms with Gasteiger partial charge in [0.15, 0.2) is 0 Å². The molecule has 9 nitrogen and oxygen atoms in total. The van der Waals surface area contributed by atoms with Crippen LogP contribution in [0.5, 0.6) is 0 Å². The Balaban J connectivity index is 3.52. The topological polar surface area (TPSA) is 155 Å². The van der Waals surface area contributed by atoms with E-state index in [2.05, 4.69) is 0 Å². The smallest absolute Gasteiger partial charge is 0.282 e. The third-order valence-corrected chi connectivity index (χ3v) is 5.59. The van der Waals surface area contributed by atoms with Crippen molar-refractivity contribution in [2.24, 2.45) is 0 Å². The predicted octanol–water partition coefficient (Wildman–Crippen LogP) is 0.161. The molecule has 0 heterocycles. The van der Waals surface area contributed by atoms with Crippen molar-refractivity contribution in [2.45, 2.75) is 9.79 Å². The molecule has 3 N–H and O–H groups in total. The molecule has 0 amide bonds. The molecule has 13 heteroatoms. The molecule has 0 aromatic heterocycles. The number of benzene rings is 1. The summed E-state index contributed by atoms with van der Waals surface area (Å²) in [5.74, 6) is -0.871. The minimum atomic E-state index is -4.82. The lowest BCUT2D eigenvalue weighted by Gasteiger charge is -2.11. The number of anilines is 1. The second kappa shape index (κ2) is 6.06. The van der Waals surface area contributed by atoms with Gasteiger partial charge in [0.05, 0.1) is 16.3 Å². The molecule has 0 atom stereocenters. The predicted molar refractivity (Wildman–Crippen MR) is 74.2 cm³/mol. The third-order valence-electron chi connectivity index (χ3n) is 2.14. The van der Waals surface area contributed by atoms with E-state index < -0.39 is 51.5 Å². The number of hydrogen-bond donors (Lipinski definition) is 3. The van der Waals surface area contributed by atoms with E-state index >= 15 is 0 Å². The molecule has 0 radical (unpaired) electrons. The molecule has 0 aliphatic rings. The van der Waals surface area contributed by atoms with Crippen LogP contribution in [0.25, 0.3) is 0 Å². The Morgan fingerprint density at radius 2 is 1.57 bits per heavy atom. The lowest BCUT2D eigenvalue weighted by Crippen LogP contribution is -2.19. The van der Waals surface area contributed by atoms with Crippen molar-refractivity contribution in [2.75, 3.05) is 16.4 Å². The summed E-state index contributed by atoms with van der Waals surface area (Å²) in [6.45, 7) is 0. The summed E-state index contributed by atoms with van der Waals surface area (Å²) < 4.78 is 87.0. The molecule has 0 saturated carbocycles. The molecule has 1 aromatic carbocycles. The minimum Gasteiger partial charge on any atom is -0.282 e. The maximum Gasteiger partial charge on any atom is 0.296 e. The van der Waals surface area contributed by atoms with Gasteiger partial charge in [-0.1, -0.05) is 0 Å². The molecular weight excluding hydrogens is 370 g/mol. The highest BCUT2D eigenvalue weighted by Crippen LogP contribution is 2.26. The van der Waals surface area contributed by atoms with Crippen LogP contribution < -0.4 is 4.72 Å². The molecule has 120 valence electrons. The molecule has 0 fully saturated rings. The monoisotopic (exact) mass is 379 g/mol. The highest BCUT2D eigenvalue weighted by molar-refractivity contribution is 7.93. The summed E-state index contributed by atoms with van der Waals surface area (Å²) in [6, 6.07) is 1.89. The van der Waals surface area contributed by atoms with Crippen molar-refractivity contribution in [3.8, 4) is 0 Å². The van der Waals surface area contributed by atoms with Crippen LogP contribution in [0.3, 0.4) is 0 Å². The van der Waals surface area contributed by atoms with Gasteiger partial charge in [0.25, 0.3) is 20.2 Å². The Bertz CT molecular complexity index is 844. The van der Waals surface area contributed by atoms with Crippen LogP contribution in [0.15, 0.2) is 28.0 Å². The summed E-state index contributed by atoms with van der Waals surface area (Å²) in [4.78, 5) is -1.62. The van der Waals surface area contributed by atoms with Gasteiger partial charge in [0.1, 0.15) is 4.90 Å². The maximum atomic E-state index is 11.6. The van der Waals surface area contributed by atoms with Gasteiger partial charge >= 0.3 is 0 Å². The van der Waals surface area contributed by atoms with Crippen molar-refractivity contribution in [1.82, 2.24) is 0 Å². The van der Waals surface area contributed by atoms with Crippen LogP contribution in [0.1, 0.15) is 0 Å². The summed E-state index contributed by atoms with van der Waals surface area (Å²) >= 11 is 5.26. The molecule has 0 bridgehead atoms. The van der Waals surface area contributed by atoms with E-state index in [1.807, 2.05) is 0 Å². The zero-order valence-corrected chi connectivity index (χ0v) is 13.3. The molecule has 0 spiro atoms.